The number of nitrogens with zero attached hydrogens (tertiary/aromatic N) is 3. The van der Waals surface area contributed by atoms with Gasteiger partial charge in [-0.1, -0.05) is 62.1 Å². The molecule has 4 nitrogen and oxygen atoms in total. The Morgan fingerprint density at radius 2 is 1.92 bits per heavy atom. The Labute approximate surface area is 144 Å². The molecule has 1 aromatic heterocycles. The van der Waals surface area contributed by atoms with Crippen molar-refractivity contribution in [1.82, 2.24) is 15.0 Å². The molecule has 24 heavy (non-hydrogen) atoms. The van der Waals surface area contributed by atoms with Crippen molar-refractivity contribution in [2.75, 3.05) is 0 Å². The Morgan fingerprint density at radius 1 is 1.17 bits per heavy atom. The molecule has 0 spiro atoms. The lowest BCUT2D eigenvalue weighted by Gasteiger charge is -2.22. The third-order valence-electron chi connectivity index (χ3n) is 4.99. The summed E-state index contributed by atoms with van der Waals surface area (Å²) in [4.78, 5) is 12.4. The Morgan fingerprint density at radius 3 is 2.62 bits per heavy atom. The van der Waals surface area contributed by atoms with E-state index in [1.807, 2.05) is 18.3 Å². The monoisotopic (exact) mass is 325 g/mol. The van der Waals surface area contributed by atoms with Gasteiger partial charge in [0, 0.05) is 11.8 Å². The van der Waals surface area contributed by atoms with Crippen LogP contribution in [0.25, 0.3) is 0 Å². The van der Waals surface area contributed by atoms with Gasteiger partial charge in [0.25, 0.3) is 0 Å². The standard InChI is InChI=1S/C20H27N3O/c1-2-3-9-19-14-23(22-21-19)15-20(24)18-12-10-17(11-13-18)16-7-5-4-6-8-16/h10-14,16H,2-9,15H2,1H3. The normalized spacial score (nSPS) is 15.5. The van der Waals surface area contributed by atoms with Gasteiger partial charge in [-0.15, -0.1) is 5.10 Å². The van der Waals surface area contributed by atoms with Crippen LogP contribution in [-0.4, -0.2) is 20.8 Å². The van der Waals surface area contributed by atoms with Gasteiger partial charge in [-0.3, -0.25) is 4.79 Å². The highest BCUT2D eigenvalue weighted by Gasteiger charge is 2.16. The highest BCUT2D eigenvalue weighted by atomic mass is 16.1. The molecule has 0 saturated heterocycles. The van der Waals surface area contributed by atoms with Crippen molar-refractivity contribution in [1.29, 1.82) is 0 Å². The maximum atomic E-state index is 12.4. The van der Waals surface area contributed by atoms with Crippen LogP contribution in [0, 0.1) is 0 Å². The summed E-state index contributed by atoms with van der Waals surface area (Å²) in [6.07, 6.45) is 11.7. The van der Waals surface area contributed by atoms with E-state index in [0.717, 1.165) is 30.5 Å². The summed E-state index contributed by atoms with van der Waals surface area (Å²) < 4.78 is 1.66. The van der Waals surface area contributed by atoms with Crippen molar-refractivity contribution in [2.45, 2.75) is 70.8 Å². The highest BCUT2D eigenvalue weighted by Crippen LogP contribution is 2.32. The molecule has 4 heteroatoms. The molecule has 2 aromatic rings. The van der Waals surface area contributed by atoms with Gasteiger partial charge in [-0.2, -0.15) is 0 Å². The molecule has 128 valence electrons. The lowest BCUT2D eigenvalue weighted by molar-refractivity contribution is 0.0967. The van der Waals surface area contributed by atoms with Crippen molar-refractivity contribution >= 4 is 5.78 Å². The van der Waals surface area contributed by atoms with E-state index in [9.17, 15) is 4.79 Å². The zero-order valence-electron chi connectivity index (χ0n) is 14.6. The van der Waals surface area contributed by atoms with E-state index in [-0.39, 0.29) is 12.3 Å². The maximum absolute atomic E-state index is 12.4. The zero-order valence-corrected chi connectivity index (χ0v) is 14.6. The lowest BCUT2D eigenvalue weighted by Crippen LogP contribution is -2.11. The number of unbranched alkanes of at least 4 members (excludes halogenated alkanes) is 1. The minimum absolute atomic E-state index is 0.0946. The van der Waals surface area contributed by atoms with Crippen LogP contribution in [0.1, 0.15) is 79.4 Å². The number of ketones is 1. The minimum Gasteiger partial charge on any atom is -0.292 e. The number of hydrogen-bond acceptors (Lipinski definition) is 3. The van der Waals surface area contributed by atoms with E-state index in [1.54, 1.807) is 4.68 Å². The summed E-state index contributed by atoms with van der Waals surface area (Å²) in [6.45, 7) is 2.42. The second-order valence-corrected chi connectivity index (χ2v) is 6.89. The van der Waals surface area contributed by atoms with E-state index in [0.29, 0.717) is 5.92 Å². The molecule has 0 aliphatic heterocycles. The van der Waals surface area contributed by atoms with E-state index in [2.05, 4.69) is 29.4 Å². The van der Waals surface area contributed by atoms with E-state index >= 15 is 0 Å². The van der Waals surface area contributed by atoms with Gasteiger partial charge in [0.15, 0.2) is 5.78 Å². The van der Waals surface area contributed by atoms with Crippen molar-refractivity contribution in [2.24, 2.45) is 0 Å². The number of carbonyl (C=O) groups excluding carboxylic acids is 1. The molecule has 3 rings (SSSR count). The molecule has 1 heterocycles. The first-order chi connectivity index (χ1) is 11.8. The Bertz CT molecular complexity index is 654. The average molecular weight is 325 g/mol. The van der Waals surface area contributed by atoms with Gasteiger partial charge < -0.3 is 0 Å². The van der Waals surface area contributed by atoms with Crippen LogP contribution in [0.2, 0.25) is 0 Å². The number of aryl methyl sites for hydroxylation is 1. The zero-order chi connectivity index (χ0) is 16.8. The van der Waals surface area contributed by atoms with Crippen LogP contribution in [0.5, 0.6) is 0 Å². The number of hydrogen-bond donors (Lipinski definition) is 0. The predicted octanol–water partition coefficient (Wildman–Crippen LogP) is 4.55. The minimum atomic E-state index is 0.0946. The summed E-state index contributed by atoms with van der Waals surface area (Å²) in [6, 6.07) is 8.22. The van der Waals surface area contributed by atoms with Gasteiger partial charge in [-0.25, -0.2) is 4.68 Å². The third-order valence-corrected chi connectivity index (χ3v) is 4.99. The summed E-state index contributed by atoms with van der Waals surface area (Å²) in [5, 5.41) is 8.21. The van der Waals surface area contributed by atoms with Gasteiger partial charge in [0.1, 0.15) is 6.54 Å². The molecule has 1 fully saturated rings. The average Bonchev–Trinajstić information content (AvgIpc) is 3.08. The summed E-state index contributed by atoms with van der Waals surface area (Å²) in [5.74, 6) is 0.775. The van der Waals surface area contributed by atoms with Crippen LogP contribution in [0.3, 0.4) is 0 Å². The van der Waals surface area contributed by atoms with Crippen LogP contribution in [0.4, 0.5) is 0 Å². The third kappa shape index (κ3) is 4.31. The fraction of sp³-hybridized carbons (Fsp3) is 0.550. The van der Waals surface area contributed by atoms with E-state index in [1.165, 1.54) is 37.7 Å². The van der Waals surface area contributed by atoms with Crippen molar-refractivity contribution in [3.63, 3.8) is 0 Å². The van der Waals surface area contributed by atoms with Crippen molar-refractivity contribution in [3.8, 4) is 0 Å². The van der Waals surface area contributed by atoms with Gasteiger partial charge >= 0.3 is 0 Å². The van der Waals surface area contributed by atoms with Gasteiger partial charge in [0.05, 0.1) is 5.69 Å². The quantitative estimate of drug-likeness (QED) is 0.702. The first-order valence-electron chi connectivity index (χ1n) is 9.28. The second kappa shape index (κ2) is 8.22. The molecular weight excluding hydrogens is 298 g/mol. The molecule has 0 amide bonds. The maximum Gasteiger partial charge on any atom is 0.184 e. The van der Waals surface area contributed by atoms with Crippen molar-refractivity contribution in [3.05, 3.63) is 47.3 Å². The number of benzene rings is 1. The predicted molar refractivity (Wildman–Crippen MR) is 95.2 cm³/mol. The molecule has 0 unspecified atom stereocenters. The Balaban J connectivity index is 1.59. The summed E-state index contributed by atoms with van der Waals surface area (Å²) in [7, 11) is 0. The molecule has 0 bridgehead atoms. The van der Waals surface area contributed by atoms with Crippen LogP contribution in [0.15, 0.2) is 30.5 Å². The van der Waals surface area contributed by atoms with Crippen molar-refractivity contribution < 1.29 is 4.79 Å². The van der Waals surface area contributed by atoms with Crippen LogP contribution in [-0.2, 0) is 13.0 Å². The summed E-state index contributed by atoms with van der Waals surface area (Å²) in [5.41, 5.74) is 3.12. The summed E-state index contributed by atoms with van der Waals surface area (Å²) >= 11 is 0. The fourth-order valence-electron chi connectivity index (χ4n) is 3.50. The molecule has 0 radical (unpaired) electrons. The molecule has 0 N–H and O–H groups in total. The Hall–Kier alpha value is -1.97. The van der Waals surface area contributed by atoms with Gasteiger partial charge in [-0.05, 0) is 37.2 Å². The number of carbonyl (C=O) groups is 1. The lowest BCUT2D eigenvalue weighted by atomic mass is 9.84. The number of aromatic nitrogens is 3. The van der Waals surface area contributed by atoms with E-state index in [4.69, 9.17) is 0 Å². The molecule has 1 saturated carbocycles. The van der Waals surface area contributed by atoms with E-state index < -0.39 is 0 Å². The molecule has 1 aliphatic rings. The Kier molecular flexibility index (Phi) is 5.78. The van der Waals surface area contributed by atoms with Gasteiger partial charge in [0.2, 0.25) is 0 Å². The topological polar surface area (TPSA) is 47.8 Å². The molecule has 1 aromatic carbocycles. The number of rotatable bonds is 7. The number of Topliss-reactive ketones (excluding diaryl/α,β-unsaturated/α-hetero) is 1. The first kappa shape index (κ1) is 16.9. The van der Waals surface area contributed by atoms with Crippen LogP contribution >= 0.6 is 0 Å². The molecular formula is C20H27N3O. The highest BCUT2D eigenvalue weighted by molar-refractivity contribution is 5.95. The largest absolute Gasteiger partial charge is 0.292 e. The molecule has 0 atom stereocenters. The fourth-order valence-corrected chi connectivity index (χ4v) is 3.50. The smallest absolute Gasteiger partial charge is 0.184 e. The second-order valence-electron chi connectivity index (χ2n) is 6.89. The molecule has 1 aliphatic carbocycles. The van der Waals surface area contributed by atoms with Crippen LogP contribution < -0.4 is 0 Å². The first-order valence-corrected chi connectivity index (χ1v) is 9.28. The SMILES string of the molecule is CCCCc1cn(CC(=O)c2ccc(C3CCCCC3)cc2)nn1.